The number of aromatic nitrogens is 1. The van der Waals surface area contributed by atoms with Gasteiger partial charge in [-0.05, 0) is 43.5 Å². The number of rotatable bonds is 10. The van der Waals surface area contributed by atoms with E-state index in [2.05, 4.69) is 36.2 Å². The van der Waals surface area contributed by atoms with Gasteiger partial charge in [0.25, 0.3) is 0 Å². The summed E-state index contributed by atoms with van der Waals surface area (Å²) < 4.78 is 5.26. The molecule has 1 fully saturated rings. The molecule has 0 bridgehead atoms. The lowest BCUT2D eigenvalue weighted by molar-refractivity contribution is 0.204. The third kappa shape index (κ3) is 4.97. The van der Waals surface area contributed by atoms with Crippen LogP contribution in [0.1, 0.15) is 44.4 Å². The van der Waals surface area contributed by atoms with E-state index < -0.39 is 0 Å². The molecule has 4 heteroatoms. The zero-order chi connectivity index (χ0) is 15.1. The minimum atomic E-state index is 0.663. The largest absolute Gasteiger partial charge is 0.383 e. The Balaban J connectivity index is 2.19. The number of hydrogen-bond acceptors (Lipinski definition) is 4. The van der Waals surface area contributed by atoms with Crippen molar-refractivity contribution in [3.8, 4) is 0 Å². The number of aryl methyl sites for hydroxylation is 1. The molecule has 1 N–H and O–H groups in total. The van der Waals surface area contributed by atoms with Gasteiger partial charge in [-0.1, -0.05) is 20.3 Å². The first kappa shape index (κ1) is 16.2. The Morgan fingerprint density at radius 1 is 1.33 bits per heavy atom. The summed E-state index contributed by atoms with van der Waals surface area (Å²) in [5.74, 6) is 1.13. The van der Waals surface area contributed by atoms with Crippen LogP contribution in [0.15, 0.2) is 12.1 Å². The highest BCUT2D eigenvalue weighted by molar-refractivity contribution is 5.45. The number of nitrogens with zero attached hydrogens (tertiary/aromatic N) is 2. The van der Waals surface area contributed by atoms with Gasteiger partial charge in [0.15, 0.2) is 0 Å². The lowest BCUT2D eigenvalue weighted by Gasteiger charge is -2.24. The summed E-state index contributed by atoms with van der Waals surface area (Å²) >= 11 is 0. The van der Waals surface area contributed by atoms with E-state index in [1.54, 1.807) is 7.11 Å². The minimum absolute atomic E-state index is 0.663. The lowest BCUT2D eigenvalue weighted by Crippen LogP contribution is -2.30. The Labute approximate surface area is 128 Å². The third-order valence-electron chi connectivity index (χ3n) is 3.83. The Hall–Kier alpha value is -1.13. The van der Waals surface area contributed by atoms with E-state index >= 15 is 0 Å². The van der Waals surface area contributed by atoms with Gasteiger partial charge >= 0.3 is 0 Å². The summed E-state index contributed by atoms with van der Waals surface area (Å²) in [6.07, 6.45) is 4.76. The molecule has 1 saturated carbocycles. The van der Waals surface area contributed by atoms with Crippen LogP contribution in [-0.4, -0.2) is 37.8 Å². The SMILES string of the molecule is CCCc1cc(CNCC)cc(N(CCOC)C2CC2)n1. The first-order valence-electron chi connectivity index (χ1n) is 8.24. The molecule has 1 aliphatic carbocycles. The predicted octanol–water partition coefficient (Wildman–Crippen LogP) is 2.76. The monoisotopic (exact) mass is 291 g/mol. The minimum Gasteiger partial charge on any atom is -0.383 e. The van der Waals surface area contributed by atoms with Crippen LogP contribution in [0.4, 0.5) is 5.82 Å². The molecule has 1 heterocycles. The van der Waals surface area contributed by atoms with Crippen molar-refractivity contribution in [2.75, 3.05) is 31.7 Å². The maximum absolute atomic E-state index is 5.26. The number of pyridine rings is 1. The van der Waals surface area contributed by atoms with Crippen LogP contribution < -0.4 is 10.2 Å². The Morgan fingerprint density at radius 2 is 2.14 bits per heavy atom. The molecule has 0 aliphatic heterocycles. The topological polar surface area (TPSA) is 37.4 Å². The van der Waals surface area contributed by atoms with Crippen molar-refractivity contribution in [1.29, 1.82) is 0 Å². The normalized spacial score (nSPS) is 14.4. The molecule has 0 unspecified atom stereocenters. The van der Waals surface area contributed by atoms with E-state index in [9.17, 15) is 0 Å². The van der Waals surface area contributed by atoms with Gasteiger partial charge in [-0.2, -0.15) is 0 Å². The van der Waals surface area contributed by atoms with Crippen LogP contribution in [0.25, 0.3) is 0 Å². The zero-order valence-corrected chi connectivity index (χ0v) is 13.7. The van der Waals surface area contributed by atoms with Gasteiger partial charge in [0.1, 0.15) is 5.82 Å². The summed E-state index contributed by atoms with van der Waals surface area (Å²) in [5, 5.41) is 3.42. The van der Waals surface area contributed by atoms with Crippen LogP contribution >= 0.6 is 0 Å². The Morgan fingerprint density at radius 3 is 2.76 bits per heavy atom. The Bertz CT molecular complexity index is 432. The first-order valence-corrected chi connectivity index (χ1v) is 8.24. The van der Waals surface area contributed by atoms with Crippen molar-refractivity contribution >= 4 is 5.82 Å². The molecular weight excluding hydrogens is 262 g/mol. The van der Waals surface area contributed by atoms with Crippen LogP contribution in [-0.2, 0) is 17.7 Å². The fraction of sp³-hybridized carbons (Fsp3) is 0.706. The van der Waals surface area contributed by atoms with Crippen LogP contribution in [0, 0.1) is 0 Å². The van der Waals surface area contributed by atoms with Gasteiger partial charge in [-0.25, -0.2) is 4.98 Å². The predicted molar refractivity (Wildman–Crippen MR) is 87.9 cm³/mol. The number of methoxy groups -OCH3 is 1. The summed E-state index contributed by atoms with van der Waals surface area (Å²) in [6, 6.07) is 5.16. The van der Waals surface area contributed by atoms with Crippen molar-refractivity contribution < 1.29 is 4.74 Å². The molecule has 0 spiro atoms. The number of nitrogens with one attached hydrogen (secondary N) is 1. The molecule has 118 valence electrons. The summed E-state index contributed by atoms with van der Waals surface area (Å²) in [4.78, 5) is 7.32. The molecule has 4 nitrogen and oxygen atoms in total. The van der Waals surface area contributed by atoms with E-state index in [-0.39, 0.29) is 0 Å². The quantitative estimate of drug-likeness (QED) is 0.719. The van der Waals surface area contributed by atoms with Gasteiger partial charge in [0.2, 0.25) is 0 Å². The number of hydrogen-bond donors (Lipinski definition) is 1. The summed E-state index contributed by atoms with van der Waals surface area (Å²) in [7, 11) is 1.77. The fourth-order valence-electron chi connectivity index (χ4n) is 2.60. The van der Waals surface area contributed by atoms with Crippen molar-refractivity contribution in [3.63, 3.8) is 0 Å². The first-order chi connectivity index (χ1) is 10.3. The number of anilines is 1. The van der Waals surface area contributed by atoms with Gasteiger partial charge in [0.05, 0.1) is 6.61 Å². The van der Waals surface area contributed by atoms with Crippen molar-refractivity contribution in [2.45, 2.75) is 52.1 Å². The highest BCUT2D eigenvalue weighted by Crippen LogP contribution is 2.31. The summed E-state index contributed by atoms with van der Waals surface area (Å²) in [6.45, 7) is 7.97. The summed E-state index contributed by atoms with van der Waals surface area (Å²) in [5.41, 5.74) is 2.55. The third-order valence-corrected chi connectivity index (χ3v) is 3.83. The highest BCUT2D eigenvalue weighted by Gasteiger charge is 2.30. The van der Waals surface area contributed by atoms with Gasteiger partial charge in [-0.15, -0.1) is 0 Å². The van der Waals surface area contributed by atoms with Crippen molar-refractivity contribution in [3.05, 3.63) is 23.4 Å². The zero-order valence-electron chi connectivity index (χ0n) is 13.7. The second-order valence-corrected chi connectivity index (χ2v) is 5.77. The molecule has 1 aliphatic rings. The van der Waals surface area contributed by atoms with Gasteiger partial charge < -0.3 is 15.0 Å². The number of ether oxygens (including phenoxy) is 1. The molecular formula is C17H29N3O. The van der Waals surface area contributed by atoms with E-state index in [0.717, 1.165) is 44.9 Å². The lowest BCUT2D eigenvalue weighted by atomic mass is 10.1. The van der Waals surface area contributed by atoms with Crippen LogP contribution in [0.5, 0.6) is 0 Å². The van der Waals surface area contributed by atoms with Crippen molar-refractivity contribution in [1.82, 2.24) is 10.3 Å². The second-order valence-electron chi connectivity index (χ2n) is 5.77. The van der Waals surface area contributed by atoms with Crippen LogP contribution in [0.2, 0.25) is 0 Å². The van der Waals surface area contributed by atoms with Gasteiger partial charge in [0, 0.05) is 31.9 Å². The maximum Gasteiger partial charge on any atom is 0.129 e. The fourth-order valence-corrected chi connectivity index (χ4v) is 2.60. The molecule has 0 atom stereocenters. The van der Waals surface area contributed by atoms with E-state index in [1.807, 2.05) is 0 Å². The Kier molecular flexibility index (Phi) is 6.46. The van der Waals surface area contributed by atoms with E-state index in [4.69, 9.17) is 9.72 Å². The van der Waals surface area contributed by atoms with Gasteiger partial charge in [-0.3, -0.25) is 0 Å². The van der Waals surface area contributed by atoms with Crippen molar-refractivity contribution in [2.24, 2.45) is 0 Å². The molecule has 0 saturated heterocycles. The molecule has 0 aromatic carbocycles. The maximum atomic E-state index is 5.26. The van der Waals surface area contributed by atoms with E-state index in [0.29, 0.717) is 6.04 Å². The molecule has 2 rings (SSSR count). The molecule has 0 radical (unpaired) electrons. The highest BCUT2D eigenvalue weighted by atomic mass is 16.5. The molecule has 1 aromatic rings. The molecule has 0 amide bonds. The van der Waals surface area contributed by atoms with E-state index in [1.165, 1.54) is 24.1 Å². The second kappa shape index (κ2) is 8.35. The molecule has 1 aromatic heterocycles. The average molecular weight is 291 g/mol. The average Bonchev–Trinajstić information content (AvgIpc) is 3.30. The standard InChI is InChI=1S/C17H29N3O/c1-4-6-15-11-14(13-18-5-2)12-17(19-15)20(9-10-21-3)16-7-8-16/h11-12,16,18H,4-10,13H2,1-3H3. The smallest absolute Gasteiger partial charge is 0.129 e. The molecule has 21 heavy (non-hydrogen) atoms. The van der Waals surface area contributed by atoms with Crippen LogP contribution in [0.3, 0.4) is 0 Å².